The summed E-state index contributed by atoms with van der Waals surface area (Å²) in [4.78, 5) is 6.92. The molecule has 6 heteroatoms. The zero-order valence-electron chi connectivity index (χ0n) is 16.2. The predicted molar refractivity (Wildman–Crippen MR) is 110 cm³/mol. The first-order valence-electron chi connectivity index (χ1n) is 10.2. The van der Waals surface area contributed by atoms with Gasteiger partial charge in [0.15, 0.2) is 5.96 Å². The first-order chi connectivity index (χ1) is 13.3. The van der Waals surface area contributed by atoms with Gasteiger partial charge in [0.25, 0.3) is 0 Å². The monoisotopic (exact) mass is 369 g/mol. The number of morpholine rings is 1. The maximum absolute atomic E-state index is 6.01. The van der Waals surface area contributed by atoms with Crippen LogP contribution in [0.3, 0.4) is 0 Å². The second-order valence-corrected chi connectivity index (χ2v) is 7.55. The molecule has 2 aliphatic heterocycles. The van der Waals surface area contributed by atoms with Gasteiger partial charge in [-0.2, -0.15) is 0 Å². The summed E-state index contributed by atoms with van der Waals surface area (Å²) in [7, 11) is 1.83. The Labute approximate surface area is 161 Å². The van der Waals surface area contributed by atoms with Crippen LogP contribution in [0.25, 0.3) is 10.9 Å². The van der Waals surface area contributed by atoms with E-state index >= 15 is 0 Å². The second kappa shape index (κ2) is 8.76. The molecule has 0 radical (unpaired) electrons. The van der Waals surface area contributed by atoms with E-state index in [1.54, 1.807) is 0 Å². The number of hydrogen-bond acceptors (Lipinski definition) is 3. The number of rotatable bonds is 6. The normalized spacial score (nSPS) is 23.5. The molecule has 0 spiro atoms. The molecular weight excluding hydrogens is 338 g/mol. The molecule has 146 valence electrons. The highest BCUT2D eigenvalue weighted by Gasteiger charge is 2.32. The van der Waals surface area contributed by atoms with Gasteiger partial charge in [0.2, 0.25) is 0 Å². The lowest BCUT2D eigenvalue weighted by atomic mass is 10.2. The van der Waals surface area contributed by atoms with Gasteiger partial charge in [-0.1, -0.05) is 18.2 Å². The second-order valence-electron chi connectivity index (χ2n) is 7.55. The Morgan fingerprint density at radius 1 is 1.26 bits per heavy atom. The van der Waals surface area contributed by atoms with E-state index < -0.39 is 0 Å². The minimum Gasteiger partial charge on any atom is -0.373 e. The molecule has 2 N–H and O–H groups in total. The third-order valence-corrected chi connectivity index (χ3v) is 5.73. The molecular formula is C21H31N5O. The van der Waals surface area contributed by atoms with Crippen molar-refractivity contribution in [1.82, 2.24) is 20.1 Å². The van der Waals surface area contributed by atoms with Gasteiger partial charge in [0.05, 0.1) is 12.7 Å². The summed E-state index contributed by atoms with van der Waals surface area (Å²) >= 11 is 0. The standard InChI is InChI=1S/C21H31N5O/c1-22-21(24-14-19-15-26-11-4-7-18(26)16-27-19)23-10-5-12-25-13-9-17-6-2-3-8-20(17)25/h2-3,6,8-9,13,18-19H,4-5,7,10-12,14-16H2,1H3,(H2,22,23,24). The van der Waals surface area contributed by atoms with Crippen molar-refractivity contribution in [1.29, 1.82) is 0 Å². The van der Waals surface area contributed by atoms with E-state index in [-0.39, 0.29) is 6.10 Å². The SMILES string of the molecule is CN=C(NCCCn1ccc2ccccc21)NCC1CN2CCCC2CO1. The summed E-state index contributed by atoms with van der Waals surface area (Å²) in [6.45, 7) is 5.85. The Morgan fingerprint density at radius 3 is 3.11 bits per heavy atom. The van der Waals surface area contributed by atoms with E-state index in [1.807, 2.05) is 7.05 Å². The van der Waals surface area contributed by atoms with E-state index in [9.17, 15) is 0 Å². The van der Waals surface area contributed by atoms with Crippen LogP contribution in [0.5, 0.6) is 0 Å². The van der Waals surface area contributed by atoms with Gasteiger partial charge < -0.3 is 19.9 Å². The van der Waals surface area contributed by atoms with Crippen LogP contribution in [0.2, 0.25) is 0 Å². The summed E-state index contributed by atoms with van der Waals surface area (Å²) in [6.07, 6.45) is 6.08. The van der Waals surface area contributed by atoms with Crippen molar-refractivity contribution in [3.63, 3.8) is 0 Å². The molecule has 0 bridgehead atoms. The minimum absolute atomic E-state index is 0.254. The summed E-state index contributed by atoms with van der Waals surface area (Å²) in [6, 6.07) is 11.4. The predicted octanol–water partition coefficient (Wildman–Crippen LogP) is 2.06. The molecule has 0 amide bonds. The molecule has 0 aliphatic carbocycles. The van der Waals surface area contributed by atoms with Crippen molar-refractivity contribution in [2.24, 2.45) is 4.99 Å². The highest BCUT2D eigenvalue weighted by molar-refractivity contribution is 5.80. The van der Waals surface area contributed by atoms with Gasteiger partial charge in [-0.3, -0.25) is 9.89 Å². The smallest absolute Gasteiger partial charge is 0.191 e. The lowest BCUT2D eigenvalue weighted by Gasteiger charge is -2.35. The Bertz CT molecular complexity index is 771. The first kappa shape index (κ1) is 18.3. The van der Waals surface area contributed by atoms with E-state index in [2.05, 4.69) is 61.6 Å². The topological polar surface area (TPSA) is 53.8 Å². The summed E-state index contributed by atoms with van der Waals surface area (Å²) in [5.41, 5.74) is 1.30. The molecule has 4 rings (SSSR count). The Kier molecular flexibility index (Phi) is 5.94. The number of nitrogens with one attached hydrogen (secondary N) is 2. The third-order valence-electron chi connectivity index (χ3n) is 5.73. The Hall–Kier alpha value is -2.05. The summed E-state index contributed by atoms with van der Waals surface area (Å²) in [5, 5.41) is 8.15. The van der Waals surface area contributed by atoms with Crippen LogP contribution in [-0.2, 0) is 11.3 Å². The van der Waals surface area contributed by atoms with Crippen LogP contribution in [0.4, 0.5) is 0 Å². The molecule has 6 nitrogen and oxygen atoms in total. The van der Waals surface area contributed by atoms with E-state index in [0.29, 0.717) is 6.04 Å². The van der Waals surface area contributed by atoms with E-state index in [1.165, 1.54) is 30.3 Å². The number of benzene rings is 1. The van der Waals surface area contributed by atoms with Crippen LogP contribution in [0, 0.1) is 0 Å². The average Bonchev–Trinajstić information content (AvgIpc) is 3.34. The number of guanidine groups is 1. The van der Waals surface area contributed by atoms with Crippen molar-refractivity contribution < 1.29 is 4.74 Å². The van der Waals surface area contributed by atoms with Crippen LogP contribution < -0.4 is 10.6 Å². The maximum atomic E-state index is 6.01. The maximum Gasteiger partial charge on any atom is 0.191 e. The van der Waals surface area contributed by atoms with Gasteiger partial charge in [0.1, 0.15) is 0 Å². The molecule has 2 atom stereocenters. The number of nitrogens with zero attached hydrogens (tertiary/aromatic N) is 3. The fourth-order valence-electron chi connectivity index (χ4n) is 4.23. The molecule has 2 fully saturated rings. The number of fused-ring (bicyclic) bond motifs is 2. The molecule has 2 aromatic rings. The third kappa shape index (κ3) is 4.45. The molecule has 2 unspecified atom stereocenters. The quantitative estimate of drug-likeness (QED) is 0.465. The van der Waals surface area contributed by atoms with Crippen LogP contribution in [0.1, 0.15) is 19.3 Å². The fraction of sp³-hybridized carbons (Fsp3) is 0.571. The van der Waals surface area contributed by atoms with Crippen LogP contribution >= 0.6 is 0 Å². The van der Waals surface area contributed by atoms with Crippen molar-refractivity contribution in [3.05, 3.63) is 36.5 Å². The molecule has 0 saturated carbocycles. The van der Waals surface area contributed by atoms with Gasteiger partial charge in [0, 0.05) is 51.0 Å². The number of hydrogen-bond donors (Lipinski definition) is 2. The zero-order valence-corrected chi connectivity index (χ0v) is 16.2. The van der Waals surface area contributed by atoms with Crippen LogP contribution in [0.15, 0.2) is 41.5 Å². The average molecular weight is 370 g/mol. The number of ether oxygens (including phenoxy) is 1. The lowest BCUT2D eigenvalue weighted by Crippen LogP contribution is -2.51. The summed E-state index contributed by atoms with van der Waals surface area (Å²) in [5.74, 6) is 0.861. The molecule has 3 heterocycles. The Morgan fingerprint density at radius 2 is 2.19 bits per heavy atom. The highest BCUT2D eigenvalue weighted by Crippen LogP contribution is 2.22. The fourth-order valence-corrected chi connectivity index (χ4v) is 4.23. The molecule has 1 aromatic carbocycles. The van der Waals surface area contributed by atoms with Crippen molar-refractivity contribution in [2.75, 3.05) is 39.8 Å². The number of aliphatic imine (C=N–C) groups is 1. The lowest BCUT2D eigenvalue weighted by molar-refractivity contribution is -0.0453. The van der Waals surface area contributed by atoms with Gasteiger partial charge >= 0.3 is 0 Å². The van der Waals surface area contributed by atoms with Crippen molar-refractivity contribution >= 4 is 16.9 Å². The minimum atomic E-state index is 0.254. The number of aromatic nitrogens is 1. The van der Waals surface area contributed by atoms with E-state index in [0.717, 1.165) is 45.2 Å². The number of aryl methyl sites for hydroxylation is 1. The first-order valence-corrected chi connectivity index (χ1v) is 10.2. The van der Waals surface area contributed by atoms with Gasteiger partial charge in [-0.25, -0.2) is 0 Å². The molecule has 2 aliphatic rings. The zero-order chi connectivity index (χ0) is 18.5. The summed E-state index contributed by atoms with van der Waals surface area (Å²) < 4.78 is 8.33. The molecule has 1 aromatic heterocycles. The number of para-hydroxylation sites is 1. The van der Waals surface area contributed by atoms with E-state index in [4.69, 9.17) is 4.74 Å². The highest BCUT2D eigenvalue weighted by atomic mass is 16.5. The van der Waals surface area contributed by atoms with Gasteiger partial charge in [-0.05, 0) is 43.3 Å². The van der Waals surface area contributed by atoms with Crippen molar-refractivity contribution in [2.45, 2.75) is 38.0 Å². The van der Waals surface area contributed by atoms with Gasteiger partial charge in [-0.15, -0.1) is 0 Å². The largest absolute Gasteiger partial charge is 0.373 e. The molecule has 2 saturated heterocycles. The molecule has 27 heavy (non-hydrogen) atoms. The van der Waals surface area contributed by atoms with Crippen LogP contribution in [-0.4, -0.2) is 67.4 Å². The van der Waals surface area contributed by atoms with Crippen molar-refractivity contribution in [3.8, 4) is 0 Å². The Balaban J connectivity index is 1.17.